The zero-order valence-corrected chi connectivity index (χ0v) is 14.5. The molecule has 3 aromatic rings. The lowest BCUT2D eigenvalue weighted by Gasteiger charge is -2.24. The number of H-pyrrole nitrogens is 1. The molecular formula is C21H22N2O2. The summed E-state index contributed by atoms with van der Waals surface area (Å²) in [5.74, 6) is 0.258. The van der Waals surface area contributed by atoms with Crippen LogP contribution in [-0.4, -0.2) is 22.3 Å². The number of nitrogens with zero attached hydrogens (tertiary/aromatic N) is 1. The Hall–Kier alpha value is -2.88. The molecule has 0 radical (unpaired) electrons. The third-order valence-electron chi connectivity index (χ3n) is 4.09. The van der Waals surface area contributed by atoms with E-state index in [0.29, 0.717) is 30.1 Å². The van der Waals surface area contributed by atoms with Crippen molar-refractivity contribution in [3.8, 4) is 0 Å². The Labute approximate surface area is 147 Å². The Balaban J connectivity index is 1.94. The van der Waals surface area contributed by atoms with Crippen LogP contribution in [0.1, 0.15) is 29.8 Å². The van der Waals surface area contributed by atoms with E-state index in [1.807, 2.05) is 48.5 Å². The fraction of sp³-hybridized carbons (Fsp3) is 0.238. The molecule has 1 heterocycles. The van der Waals surface area contributed by atoms with Gasteiger partial charge in [-0.25, -0.2) is 0 Å². The van der Waals surface area contributed by atoms with Gasteiger partial charge in [-0.2, -0.15) is 0 Å². The molecule has 1 aromatic heterocycles. The number of fused-ring (bicyclic) bond motifs is 1. The minimum absolute atomic E-state index is 0.0538. The first-order valence-corrected chi connectivity index (χ1v) is 8.50. The molecule has 1 N–H and O–H groups in total. The minimum Gasteiger partial charge on any atom is -0.334 e. The Morgan fingerprint density at radius 1 is 1.04 bits per heavy atom. The van der Waals surface area contributed by atoms with E-state index < -0.39 is 0 Å². The molecule has 0 unspecified atom stereocenters. The molecule has 0 aliphatic heterocycles. The first-order chi connectivity index (χ1) is 12.0. The SMILES string of the molecule is CC(C)CN(Cc1cc2ccccc2[nH]c1=O)C(=O)c1ccccc1. The maximum atomic E-state index is 12.9. The number of aromatic nitrogens is 1. The molecule has 0 fully saturated rings. The highest BCUT2D eigenvalue weighted by molar-refractivity contribution is 5.94. The molecule has 0 saturated heterocycles. The zero-order chi connectivity index (χ0) is 17.8. The van der Waals surface area contributed by atoms with Gasteiger partial charge in [-0.1, -0.05) is 50.2 Å². The van der Waals surface area contributed by atoms with Gasteiger partial charge in [-0.3, -0.25) is 9.59 Å². The average Bonchev–Trinajstić information content (AvgIpc) is 2.61. The summed E-state index contributed by atoms with van der Waals surface area (Å²) in [4.78, 5) is 29.9. The molecule has 25 heavy (non-hydrogen) atoms. The first-order valence-electron chi connectivity index (χ1n) is 8.50. The smallest absolute Gasteiger partial charge is 0.254 e. The van der Waals surface area contributed by atoms with Crippen molar-refractivity contribution in [2.45, 2.75) is 20.4 Å². The molecule has 0 spiro atoms. The fourth-order valence-corrected chi connectivity index (χ4v) is 2.94. The van der Waals surface area contributed by atoms with Crippen molar-refractivity contribution in [1.29, 1.82) is 0 Å². The largest absolute Gasteiger partial charge is 0.334 e. The lowest BCUT2D eigenvalue weighted by molar-refractivity contribution is 0.0722. The van der Waals surface area contributed by atoms with E-state index >= 15 is 0 Å². The lowest BCUT2D eigenvalue weighted by atomic mass is 10.1. The number of hydrogen-bond donors (Lipinski definition) is 1. The van der Waals surface area contributed by atoms with E-state index in [-0.39, 0.29) is 11.5 Å². The van der Waals surface area contributed by atoms with Gasteiger partial charge in [0.1, 0.15) is 0 Å². The summed E-state index contributed by atoms with van der Waals surface area (Å²) in [5.41, 5.74) is 1.90. The number of amides is 1. The van der Waals surface area contributed by atoms with Crippen LogP contribution in [0.2, 0.25) is 0 Å². The van der Waals surface area contributed by atoms with E-state index in [4.69, 9.17) is 0 Å². The van der Waals surface area contributed by atoms with Crippen molar-refractivity contribution >= 4 is 16.8 Å². The minimum atomic E-state index is -0.145. The predicted molar refractivity (Wildman–Crippen MR) is 101 cm³/mol. The van der Waals surface area contributed by atoms with Gasteiger partial charge >= 0.3 is 0 Å². The Morgan fingerprint density at radius 3 is 2.44 bits per heavy atom. The number of carbonyl (C=O) groups is 1. The number of nitrogens with one attached hydrogen (secondary N) is 1. The maximum Gasteiger partial charge on any atom is 0.254 e. The van der Waals surface area contributed by atoms with Gasteiger partial charge in [0.05, 0.1) is 6.54 Å². The zero-order valence-electron chi connectivity index (χ0n) is 14.5. The second-order valence-electron chi connectivity index (χ2n) is 6.66. The number of para-hydroxylation sites is 1. The summed E-state index contributed by atoms with van der Waals surface area (Å²) < 4.78 is 0. The molecule has 3 rings (SSSR count). The summed E-state index contributed by atoms with van der Waals surface area (Å²) >= 11 is 0. The number of aromatic amines is 1. The topological polar surface area (TPSA) is 53.2 Å². The number of carbonyl (C=O) groups excluding carboxylic acids is 1. The third kappa shape index (κ3) is 3.97. The fourth-order valence-electron chi connectivity index (χ4n) is 2.94. The predicted octanol–water partition coefficient (Wildman–Crippen LogP) is 3.83. The van der Waals surface area contributed by atoms with Crippen LogP contribution in [-0.2, 0) is 6.54 Å². The molecule has 0 saturated carbocycles. The van der Waals surface area contributed by atoms with E-state index in [1.54, 1.807) is 17.0 Å². The van der Waals surface area contributed by atoms with Crippen LogP contribution in [0, 0.1) is 5.92 Å². The van der Waals surface area contributed by atoms with Gasteiger partial charge in [-0.05, 0) is 35.6 Å². The van der Waals surface area contributed by atoms with E-state index in [9.17, 15) is 9.59 Å². The van der Waals surface area contributed by atoms with E-state index in [0.717, 1.165) is 10.9 Å². The van der Waals surface area contributed by atoms with Crippen molar-refractivity contribution in [2.75, 3.05) is 6.54 Å². The van der Waals surface area contributed by atoms with E-state index in [2.05, 4.69) is 18.8 Å². The molecule has 0 bridgehead atoms. The van der Waals surface area contributed by atoms with Gasteiger partial charge in [0.25, 0.3) is 11.5 Å². The van der Waals surface area contributed by atoms with Gasteiger partial charge in [0.2, 0.25) is 0 Å². The highest BCUT2D eigenvalue weighted by Gasteiger charge is 2.18. The van der Waals surface area contributed by atoms with E-state index in [1.165, 1.54) is 0 Å². The van der Waals surface area contributed by atoms with Gasteiger partial charge in [0, 0.05) is 23.2 Å². The number of benzene rings is 2. The van der Waals surface area contributed by atoms with Crippen molar-refractivity contribution in [3.63, 3.8) is 0 Å². The van der Waals surface area contributed by atoms with Crippen LogP contribution in [0.15, 0.2) is 65.5 Å². The Morgan fingerprint density at radius 2 is 1.72 bits per heavy atom. The number of hydrogen-bond acceptors (Lipinski definition) is 2. The highest BCUT2D eigenvalue weighted by atomic mass is 16.2. The Bertz CT molecular complexity index is 929. The maximum absolute atomic E-state index is 12.9. The summed E-state index contributed by atoms with van der Waals surface area (Å²) in [6, 6.07) is 18.7. The third-order valence-corrected chi connectivity index (χ3v) is 4.09. The molecule has 4 heteroatoms. The summed E-state index contributed by atoms with van der Waals surface area (Å²) in [5, 5.41) is 0.966. The molecule has 4 nitrogen and oxygen atoms in total. The van der Waals surface area contributed by atoms with Gasteiger partial charge in [-0.15, -0.1) is 0 Å². The summed E-state index contributed by atoms with van der Waals surface area (Å²) in [7, 11) is 0. The quantitative estimate of drug-likeness (QED) is 0.771. The summed E-state index contributed by atoms with van der Waals surface area (Å²) in [6.07, 6.45) is 0. The first kappa shape index (κ1) is 17.0. The molecular weight excluding hydrogens is 312 g/mol. The van der Waals surface area contributed by atoms with Gasteiger partial charge in [0.15, 0.2) is 0 Å². The molecule has 0 aliphatic carbocycles. The van der Waals surface area contributed by atoms with Crippen LogP contribution < -0.4 is 5.56 Å². The Kier molecular flexibility index (Phi) is 4.98. The van der Waals surface area contributed by atoms with Crippen LogP contribution in [0.25, 0.3) is 10.9 Å². The van der Waals surface area contributed by atoms with Gasteiger partial charge < -0.3 is 9.88 Å². The molecule has 128 valence electrons. The monoisotopic (exact) mass is 334 g/mol. The van der Waals surface area contributed by atoms with Crippen LogP contribution >= 0.6 is 0 Å². The second kappa shape index (κ2) is 7.34. The van der Waals surface area contributed by atoms with Crippen molar-refractivity contribution < 1.29 is 4.79 Å². The van der Waals surface area contributed by atoms with Crippen molar-refractivity contribution in [2.24, 2.45) is 5.92 Å². The average molecular weight is 334 g/mol. The standard InChI is InChI=1S/C21H22N2O2/c1-15(2)13-23(21(25)16-8-4-3-5-9-16)14-18-12-17-10-6-7-11-19(17)22-20(18)24/h3-12,15H,13-14H2,1-2H3,(H,22,24). The molecule has 1 amide bonds. The van der Waals surface area contributed by atoms with Crippen LogP contribution in [0.4, 0.5) is 0 Å². The number of pyridine rings is 1. The normalized spacial score (nSPS) is 11.0. The van der Waals surface area contributed by atoms with Crippen molar-refractivity contribution in [3.05, 3.63) is 82.1 Å². The van der Waals surface area contributed by atoms with Crippen molar-refractivity contribution in [1.82, 2.24) is 9.88 Å². The lowest BCUT2D eigenvalue weighted by Crippen LogP contribution is -2.35. The molecule has 2 aromatic carbocycles. The molecule has 0 aliphatic rings. The molecule has 0 atom stereocenters. The summed E-state index contributed by atoms with van der Waals surface area (Å²) in [6.45, 7) is 5.03. The second-order valence-corrected chi connectivity index (χ2v) is 6.66. The van der Waals surface area contributed by atoms with Crippen LogP contribution in [0.5, 0.6) is 0 Å². The van der Waals surface area contributed by atoms with Crippen LogP contribution in [0.3, 0.4) is 0 Å². The highest BCUT2D eigenvalue weighted by Crippen LogP contribution is 2.14. The number of rotatable bonds is 5.